The van der Waals surface area contributed by atoms with E-state index in [1.54, 1.807) is 7.11 Å². The van der Waals surface area contributed by atoms with Gasteiger partial charge in [-0.1, -0.05) is 36.4 Å². The van der Waals surface area contributed by atoms with E-state index in [1.807, 2.05) is 36.4 Å². The predicted molar refractivity (Wildman–Crippen MR) is 141 cm³/mol. The number of phenols is 1. The summed E-state index contributed by atoms with van der Waals surface area (Å²) in [6, 6.07) is 14.4. The maximum absolute atomic E-state index is 12.5. The number of fused-ring (bicyclic) bond motifs is 5. The van der Waals surface area contributed by atoms with E-state index in [4.69, 9.17) is 9.47 Å². The van der Waals surface area contributed by atoms with Crippen LogP contribution in [0.15, 0.2) is 42.5 Å². The Morgan fingerprint density at radius 3 is 2.86 bits per heavy atom. The Balaban J connectivity index is 1.23. The molecule has 36 heavy (non-hydrogen) atoms. The van der Waals surface area contributed by atoms with Gasteiger partial charge in [0, 0.05) is 20.1 Å². The van der Waals surface area contributed by atoms with Gasteiger partial charge in [-0.15, -0.1) is 0 Å². The Bertz CT molecular complexity index is 1050. The van der Waals surface area contributed by atoms with E-state index in [9.17, 15) is 9.90 Å². The molecule has 0 aromatic heterocycles. The summed E-state index contributed by atoms with van der Waals surface area (Å²) in [7, 11) is 1.71. The summed E-state index contributed by atoms with van der Waals surface area (Å²) in [6.45, 7) is 4.36. The highest BCUT2D eigenvalue weighted by molar-refractivity contribution is 5.75. The highest BCUT2D eigenvalue weighted by atomic mass is 16.5. The molecule has 5 heteroatoms. The standard InChI is InChI=1S/C31H41NO4/c1-31-15-13-25-26(12-11-22-18-28(33)23(14-16-35-2)17-27(22)25)30(31)24(20-36-31)9-6-10-29(34)32-19-21-7-4-3-5-8-21/h3-5,7-8,17-18,24-26,30,33H,6,9-16,19-20H2,1-2H3,(H,32,34)/t24-,25?,26?,30?,31+/m1/s1. The van der Waals surface area contributed by atoms with Crippen LogP contribution in [0.2, 0.25) is 0 Å². The van der Waals surface area contributed by atoms with Crippen LogP contribution in [0.25, 0.3) is 0 Å². The first-order valence-electron chi connectivity index (χ1n) is 13.8. The minimum Gasteiger partial charge on any atom is -0.508 e. The van der Waals surface area contributed by atoms with Crippen molar-refractivity contribution in [3.05, 3.63) is 64.7 Å². The van der Waals surface area contributed by atoms with Crippen molar-refractivity contribution in [3.63, 3.8) is 0 Å². The lowest BCUT2D eigenvalue weighted by molar-refractivity contribution is -0.121. The summed E-state index contributed by atoms with van der Waals surface area (Å²) in [6.07, 6.45) is 7.68. The number of hydrogen-bond donors (Lipinski definition) is 2. The molecule has 3 aliphatic rings. The summed E-state index contributed by atoms with van der Waals surface area (Å²) in [5.41, 5.74) is 4.86. The van der Waals surface area contributed by atoms with Crippen LogP contribution in [-0.4, -0.2) is 36.9 Å². The van der Waals surface area contributed by atoms with E-state index in [-0.39, 0.29) is 11.5 Å². The maximum Gasteiger partial charge on any atom is 0.220 e. The number of aromatic hydroxyl groups is 1. The van der Waals surface area contributed by atoms with Gasteiger partial charge in [0.05, 0.1) is 18.8 Å². The van der Waals surface area contributed by atoms with Crippen molar-refractivity contribution in [3.8, 4) is 5.75 Å². The van der Waals surface area contributed by atoms with Gasteiger partial charge >= 0.3 is 0 Å². The van der Waals surface area contributed by atoms with Gasteiger partial charge in [-0.3, -0.25) is 4.79 Å². The van der Waals surface area contributed by atoms with Crippen molar-refractivity contribution >= 4 is 5.91 Å². The molecule has 1 saturated carbocycles. The second-order valence-corrected chi connectivity index (χ2v) is 11.3. The molecule has 5 nitrogen and oxygen atoms in total. The van der Waals surface area contributed by atoms with Crippen LogP contribution in [0, 0.1) is 17.8 Å². The van der Waals surface area contributed by atoms with Gasteiger partial charge in [0.15, 0.2) is 0 Å². The van der Waals surface area contributed by atoms with Gasteiger partial charge in [-0.2, -0.15) is 0 Å². The van der Waals surface area contributed by atoms with Crippen LogP contribution >= 0.6 is 0 Å². The average Bonchev–Trinajstić information content (AvgIpc) is 3.23. The van der Waals surface area contributed by atoms with E-state index in [1.165, 1.54) is 11.1 Å². The smallest absolute Gasteiger partial charge is 0.220 e. The van der Waals surface area contributed by atoms with Crippen LogP contribution in [0.4, 0.5) is 0 Å². The SMILES string of the molecule is COCCc1cc2c(cc1O)CCC1C2CC[C@]2(C)OC[C@@H](CCCC(=O)NCc3ccccc3)C12. The molecule has 1 heterocycles. The van der Waals surface area contributed by atoms with Gasteiger partial charge in [0.1, 0.15) is 5.75 Å². The van der Waals surface area contributed by atoms with Gasteiger partial charge in [-0.25, -0.2) is 0 Å². The fraction of sp³-hybridized carbons (Fsp3) is 0.581. The lowest BCUT2D eigenvalue weighted by atomic mass is 9.56. The van der Waals surface area contributed by atoms with Crippen molar-refractivity contribution in [2.75, 3.05) is 20.3 Å². The third kappa shape index (κ3) is 5.19. The molecule has 0 spiro atoms. The van der Waals surface area contributed by atoms with Gasteiger partial charge < -0.3 is 19.9 Å². The van der Waals surface area contributed by atoms with E-state index in [2.05, 4.69) is 18.3 Å². The zero-order chi connectivity index (χ0) is 25.1. The molecule has 2 N–H and O–H groups in total. The molecule has 5 rings (SSSR count). The molecule has 5 atom stereocenters. The fourth-order valence-corrected chi connectivity index (χ4v) is 7.37. The number of benzene rings is 2. The highest BCUT2D eigenvalue weighted by Crippen LogP contribution is 2.58. The molecule has 0 radical (unpaired) electrons. The average molecular weight is 492 g/mol. The first-order chi connectivity index (χ1) is 17.5. The normalized spacial score (nSPS) is 28.7. The lowest BCUT2D eigenvalue weighted by Gasteiger charge is -2.49. The van der Waals surface area contributed by atoms with Crippen LogP contribution < -0.4 is 5.32 Å². The number of nitrogens with one attached hydrogen (secondary N) is 1. The first kappa shape index (κ1) is 25.3. The molecular formula is C31H41NO4. The molecule has 0 bridgehead atoms. The minimum absolute atomic E-state index is 0.0469. The molecule has 2 aromatic rings. The van der Waals surface area contributed by atoms with Gasteiger partial charge in [0.2, 0.25) is 5.91 Å². The Hall–Kier alpha value is -2.37. The molecular weight excluding hydrogens is 450 g/mol. The summed E-state index contributed by atoms with van der Waals surface area (Å²) in [4.78, 5) is 12.5. The Morgan fingerprint density at radius 2 is 2.06 bits per heavy atom. The molecule has 2 aliphatic carbocycles. The quantitative estimate of drug-likeness (QED) is 0.484. The van der Waals surface area contributed by atoms with Crippen molar-refractivity contribution in [2.24, 2.45) is 17.8 Å². The zero-order valence-electron chi connectivity index (χ0n) is 21.8. The molecule has 1 saturated heterocycles. The predicted octanol–water partition coefficient (Wildman–Crippen LogP) is 5.53. The Morgan fingerprint density at radius 1 is 1.22 bits per heavy atom. The van der Waals surface area contributed by atoms with Crippen LogP contribution in [-0.2, 0) is 33.7 Å². The number of ether oxygens (including phenoxy) is 2. The summed E-state index contributed by atoms with van der Waals surface area (Å²) in [5, 5.41) is 13.6. The van der Waals surface area contributed by atoms with Crippen molar-refractivity contribution < 1.29 is 19.4 Å². The number of carbonyl (C=O) groups excluding carboxylic acids is 1. The summed E-state index contributed by atoms with van der Waals surface area (Å²) < 4.78 is 11.8. The van der Waals surface area contributed by atoms with E-state index in [0.29, 0.717) is 49.0 Å². The number of methoxy groups -OCH3 is 1. The Kier molecular flexibility index (Phi) is 7.68. The second-order valence-electron chi connectivity index (χ2n) is 11.3. The number of amides is 1. The van der Waals surface area contributed by atoms with Crippen molar-refractivity contribution in [1.82, 2.24) is 5.32 Å². The highest BCUT2D eigenvalue weighted by Gasteiger charge is 2.55. The van der Waals surface area contributed by atoms with Crippen molar-refractivity contribution in [2.45, 2.75) is 76.4 Å². The third-order valence-corrected chi connectivity index (χ3v) is 9.14. The minimum atomic E-state index is -0.0469. The number of aryl methyl sites for hydroxylation is 1. The zero-order valence-corrected chi connectivity index (χ0v) is 21.8. The Labute approximate surface area is 215 Å². The van der Waals surface area contributed by atoms with Gasteiger partial charge in [0.25, 0.3) is 0 Å². The van der Waals surface area contributed by atoms with Gasteiger partial charge in [-0.05, 0) is 104 Å². The van der Waals surface area contributed by atoms with Crippen LogP contribution in [0.1, 0.15) is 73.6 Å². The van der Waals surface area contributed by atoms with Crippen LogP contribution in [0.5, 0.6) is 5.75 Å². The third-order valence-electron chi connectivity index (χ3n) is 9.14. The fourth-order valence-electron chi connectivity index (χ4n) is 7.37. The van der Waals surface area contributed by atoms with E-state index < -0.39 is 0 Å². The maximum atomic E-state index is 12.5. The van der Waals surface area contributed by atoms with Crippen molar-refractivity contribution in [1.29, 1.82) is 0 Å². The lowest BCUT2D eigenvalue weighted by Crippen LogP contribution is -2.46. The first-order valence-corrected chi connectivity index (χ1v) is 13.8. The molecule has 3 unspecified atom stereocenters. The molecule has 2 aromatic carbocycles. The van der Waals surface area contributed by atoms with Crippen LogP contribution in [0.3, 0.4) is 0 Å². The molecule has 2 fully saturated rings. The monoisotopic (exact) mass is 491 g/mol. The molecule has 1 aliphatic heterocycles. The summed E-state index contributed by atoms with van der Waals surface area (Å²) >= 11 is 0. The second kappa shape index (κ2) is 10.9. The summed E-state index contributed by atoms with van der Waals surface area (Å²) in [5.74, 6) is 2.74. The topological polar surface area (TPSA) is 67.8 Å². The number of rotatable bonds is 9. The number of carbonyl (C=O) groups is 1. The number of phenolic OH excluding ortho intramolecular Hbond substituents is 1. The largest absolute Gasteiger partial charge is 0.508 e. The molecule has 194 valence electrons. The van der Waals surface area contributed by atoms with E-state index >= 15 is 0 Å². The van der Waals surface area contributed by atoms with E-state index in [0.717, 1.165) is 62.7 Å². The number of hydrogen-bond acceptors (Lipinski definition) is 4. The molecule has 1 amide bonds.